The second-order valence-corrected chi connectivity index (χ2v) is 9.98. The number of amides is 1. The van der Waals surface area contributed by atoms with Crippen LogP contribution in [-0.2, 0) is 17.8 Å². The molecule has 3 unspecified atom stereocenters. The van der Waals surface area contributed by atoms with Crippen molar-refractivity contribution in [1.29, 1.82) is 0 Å². The van der Waals surface area contributed by atoms with Gasteiger partial charge in [0.05, 0.1) is 0 Å². The van der Waals surface area contributed by atoms with E-state index in [0.717, 1.165) is 29.9 Å². The third kappa shape index (κ3) is 5.21. The van der Waals surface area contributed by atoms with Crippen molar-refractivity contribution >= 4 is 17.7 Å². The molecule has 0 spiro atoms. The molecule has 0 radical (unpaired) electrons. The highest BCUT2D eigenvalue weighted by molar-refractivity contribution is 7.98. The molecule has 0 saturated heterocycles. The Balaban J connectivity index is 1.55. The number of rotatable bonds is 7. The number of aryl methyl sites for hydroxylation is 1. The number of hydrogen-bond donors (Lipinski definition) is 1. The van der Waals surface area contributed by atoms with Gasteiger partial charge in [0.2, 0.25) is 12.7 Å². The van der Waals surface area contributed by atoms with E-state index in [2.05, 4.69) is 23.8 Å². The normalized spacial score (nSPS) is 21.8. The van der Waals surface area contributed by atoms with E-state index in [-0.39, 0.29) is 30.7 Å². The van der Waals surface area contributed by atoms with Gasteiger partial charge < -0.3 is 19.4 Å². The standard InChI is InChI=1S/C25H33N3O4S/c1-15-6-5-7-20(16(15)2)28(13-18-8-10-21-22(12-18)32-14-31-21)23(29)11-9-19-17(3)26-25(33-4)27-24(19)30/h8,10,12,15-16,20H,5-7,9,11,13-14H2,1-4H3,(H,26,27,30). The minimum Gasteiger partial charge on any atom is -0.454 e. The number of ether oxygens (including phenoxy) is 2. The maximum Gasteiger partial charge on any atom is 0.254 e. The van der Waals surface area contributed by atoms with Crippen LogP contribution in [0.1, 0.15) is 56.4 Å². The van der Waals surface area contributed by atoms with Crippen molar-refractivity contribution in [2.24, 2.45) is 11.8 Å². The third-order valence-electron chi connectivity index (χ3n) is 7.16. The zero-order chi connectivity index (χ0) is 23.5. The van der Waals surface area contributed by atoms with E-state index in [9.17, 15) is 9.59 Å². The highest BCUT2D eigenvalue weighted by Crippen LogP contribution is 2.36. The molecule has 2 heterocycles. The third-order valence-corrected chi connectivity index (χ3v) is 7.74. The number of H-pyrrole nitrogens is 1. The minimum absolute atomic E-state index is 0.0753. The quantitative estimate of drug-likeness (QED) is 0.478. The Morgan fingerprint density at radius 2 is 2.03 bits per heavy atom. The highest BCUT2D eigenvalue weighted by atomic mass is 32.2. The van der Waals surface area contributed by atoms with Crippen LogP contribution in [0, 0.1) is 18.8 Å². The van der Waals surface area contributed by atoms with Crippen molar-refractivity contribution in [2.75, 3.05) is 13.0 Å². The first-order valence-corrected chi connectivity index (χ1v) is 12.9. The van der Waals surface area contributed by atoms with E-state index in [1.54, 1.807) is 0 Å². The van der Waals surface area contributed by atoms with Gasteiger partial charge in [-0.3, -0.25) is 9.59 Å². The predicted octanol–water partition coefficient (Wildman–Crippen LogP) is 4.32. The lowest BCUT2D eigenvalue weighted by atomic mass is 9.77. The zero-order valence-corrected chi connectivity index (χ0v) is 20.7. The molecule has 8 heteroatoms. The summed E-state index contributed by atoms with van der Waals surface area (Å²) in [7, 11) is 0. The number of carbonyl (C=O) groups is 1. The Kier molecular flexibility index (Phi) is 7.32. The number of carbonyl (C=O) groups excluding carboxylic acids is 1. The summed E-state index contributed by atoms with van der Waals surface area (Å²) in [5.74, 6) is 2.54. The molecule has 1 aliphatic carbocycles. The Morgan fingerprint density at radius 3 is 2.79 bits per heavy atom. The first-order valence-electron chi connectivity index (χ1n) is 11.7. The molecule has 1 fully saturated rings. The molecule has 1 saturated carbocycles. The Hall–Kier alpha value is -2.48. The largest absolute Gasteiger partial charge is 0.454 e. The second-order valence-electron chi connectivity index (χ2n) is 9.18. The minimum atomic E-state index is -0.151. The van der Waals surface area contributed by atoms with Crippen LogP contribution in [-0.4, -0.2) is 39.9 Å². The lowest BCUT2D eigenvalue weighted by Crippen LogP contribution is -2.47. The van der Waals surface area contributed by atoms with Crippen LogP contribution >= 0.6 is 11.8 Å². The van der Waals surface area contributed by atoms with Crippen LogP contribution < -0.4 is 15.0 Å². The van der Waals surface area contributed by atoms with Crippen LogP contribution in [0.4, 0.5) is 0 Å². The molecular weight excluding hydrogens is 438 g/mol. The smallest absolute Gasteiger partial charge is 0.254 e. The first kappa shape index (κ1) is 23.7. The summed E-state index contributed by atoms with van der Waals surface area (Å²) in [5.41, 5.74) is 2.16. The summed E-state index contributed by atoms with van der Waals surface area (Å²) in [4.78, 5) is 35.4. The van der Waals surface area contributed by atoms with E-state index < -0.39 is 0 Å². The van der Waals surface area contributed by atoms with Gasteiger partial charge >= 0.3 is 0 Å². The summed E-state index contributed by atoms with van der Waals surface area (Å²) in [5, 5.41) is 0.599. The fraction of sp³-hybridized carbons (Fsp3) is 0.560. The SMILES string of the molecule is CSc1nc(C)c(CCC(=O)N(Cc2ccc3c(c2)OCO3)C2CCCC(C)C2C)c(=O)[nH]1. The van der Waals surface area contributed by atoms with E-state index in [1.165, 1.54) is 18.2 Å². The maximum absolute atomic E-state index is 13.6. The molecule has 178 valence electrons. The van der Waals surface area contributed by atoms with Crippen molar-refractivity contribution in [1.82, 2.24) is 14.9 Å². The molecule has 7 nitrogen and oxygen atoms in total. The fourth-order valence-electron chi connectivity index (χ4n) is 4.97. The molecule has 1 amide bonds. The van der Waals surface area contributed by atoms with Gasteiger partial charge in [0, 0.05) is 30.3 Å². The van der Waals surface area contributed by atoms with Gasteiger partial charge in [-0.05, 0) is 55.6 Å². The lowest BCUT2D eigenvalue weighted by Gasteiger charge is -2.42. The first-order chi connectivity index (χ1) is 15.9. The molecule has 1 aromatic heterocycles. The number of nitrogens with one attached hydrogen (secondary N) is 1. The van der Waals surface area contributed by atoms with Crippen LogP contribution in [0.5, 0.6) is 11.5 Å². The molecule has 4 rings (SSSR count). The van der Waals surface area contributed by atoms with Gasteiger partial charge in [-0.25, -0.2) is 4.98 Å². The van der Waals surface area contributed by atoms with Crippen molar-refractivity contribution < 1.29 is 14.3 Å². The number of hydrogen-bond acceptors (Lipinski definition) is 6. The molecule has 1 aliphatic heterocycles. The number of aromatic amines is 1. The van der Waals surface area contributed by atoms with Crippen molar-refractivity contribution in [3.63, 3.8) is 0 Å². The van der Waals surface area contributed by atoms with E-state index in [4.69, 9.17) is 9.47 Å². The zero-order valence-electron chi connectivity index (χ0n) is 19.8. The van der Waals surface area contributed by atoms with Gasteiger partial charge in [-0.15, -0.1) is 0 Å². The van der Waals surface area contributed by atoms with Crippen LogP contribution in [0.15, 0.2) is 28.2 Å². The average Bonchev–Trinajstić information content (AvgIpc) is 3.26. The van der Waals surface area contributed by atoms with Gasteiger partial charge in [0.1, 0.15) is 0 Å². The van der Waals surface area contributed by atoms with Crippen molar-refractivity contribution in [3.8, 4) is 11.5 Å². The predicted molar refractivity (Wildman–Crippen MR) is 129 cm³/mol. The van der Waals surface area contributed by atoms with Gasteiger partial charge in [0.15, 0.2) is 16.7 Å². The number of nitrogens with zero attached hydrogens (tertiary/aromatic N) is 2. The number of aromatic nitrogens is 2. The lowest BCUT2D eigenvalue weighted by molar-refractivity contribution is -0.136. The van der Waals surface area contributed by atoms with Crippen LogP contribution in [0.3, 0.4) is 0 Å². The fourth-order valence-corrected chi connectivity index (χ4v) is 5.39. The van der Waals surface area contributed by atoms with Gasteiger partial charge in [-0.1, -0.05) is 44.5 Å². The average molecular weight is 472 g/mol. The summed E-state index contributed by atoms with van der Waals surface area (Å²) in [6, 6.07) is 6.07. The van der Waals surface area contributed by atoms with Gasteiger partial charge in [0.25, 0.3) is 5.56 Å². The molecule has 1 aromatic carbocycles. The van der Waals surface area contributed by atoms with Crippen LogP contribution in [0.25, 0.3) is 0 Å². The highest BCUT2D eigenvalue weighted by Gasteiger charge is 2.34. The summed E-state index contributed by atoms with van der Waals surface area (Å²) in [6.07, 6.45) is 5.88. The Bertz CT molecular complexity index is 1070. The number of benzene rings is 1. The summed E-state index contributed by atoms with van der Waals surface area (Å²) in [6.45, 7) is 7.13. The molecular formula is C25H33N3O4S. The monoisotopic (exact) mass is 471 g/mol. The molecule has 0 bridgehead atoms. The van der Waals surface area contributed by atoms with Gasteiger partial charge in [-0.2, -0.15) is 0 Å². The maximum atomic E-state index is 13.6. The molecule has 2 aromatic rings. The van der Waals surface area contributed by atoms with Crippen molar-refractivity contribution in [3.05, 3.63) is 45.4 Å². The molecule has 3 atom stereocenters. The number of thioether (sulfide) groups is 1. The van der Waals surface area contributed by atoms with Crippen molar-refractivity contribution in [2.45, 2.75) is 70.6 Å². The Labute approximate surface area is 199 Å². The topological polar surface area (TPSA) is 84.5 Å². The molecule has 2 aliphatic rings. The molecule has 1 N–H and O–H groups in total. The van der Waals surface area contributed by atoms with E-state index >= 15 is 0 Å². The number of fused-ring (bicyclic) bond motifs is 1. The summed E-state index contributed by atoms with van der Waals surface area (Å²) < 4.78 is 11.0. The second kappa shape index (κ2) is 10.2. The summed E-state index contributed by atoms with van der Waals surface area (Å²) >= 11 is 1.40. The van der Waals surface area contributed by atoms with Crippen LogP contribution in [0.2, 0.25) is 0 Å². The van der Waals surface area contributed by atoms with E-state index in [0.29, 0.717) is 41.2 Å². The molecule has 33 heavy (non-hydrogen) atoms. The van der Waals surface area contributed by atoms with E-state index in [1.807, 2.05) is 36.3 Å². The Morgan fingerprint density at radius 1 is 1.24 bits per heavy atom.